The number of rotatable bonds is 7. The summed E-state index contributed by atoms with van der Waals surface area (Å²) in [4.78, 5) is 24.9. The number of hydrogen-bond acceptors (Lipinski definition) is 5. The molecule has 0 aromatic rings. The van der Waals surface area contributed by atoms with Crippen molar-refractivity contribution in [1.82, 2.24) is 10.2 Å². The van der Waals surface area contributed by atoms with Crippen molar-refractivity contribution in [2.45, 2.75) is 38.8 Å². The third-order valence-corrected chi connectivity index (χ3v) is 3.24. The van der Waals surface area contributed by atoms with Gasteiger partial charge in [0, 0.05) is 26.6 Å². The first-order valence-corrected chi connectivity index (χ1v) is 6.75. The van der Waals surface area contributed by atoms with Crippen LogP contribution in [0.5, 0.6) is 0 Å². The van der Waals surface area contributed by atoms with E-state index in [2.05, 4.69) is 10.2 Å². The van der Waals surface area contributed by atoms with E-state index in [4.69, 9.17) is 9.47 Å². The third kappa shape index (κ3) is 5.57. The predicted octanol–water partition coefficient (Wildman–Crippen LogP) is 0.165. The van der Waals surface area contributed by atoms with Crippen LogP contribution in [0.25, 0.3) is 0 Å². The maximum atomic E-state index is 11.6. The molecule has 1 amide bonds. The molecular weight excluding hydrogens is 248 g/mol. The molecule has 0 radical (unpaired) electrons. The van der Waals surface area contributed by atoms with Crippen molar-refractivity contribution in [3.8, 4) is 0 Å². The first kappa shape index (κ1) is 15.9. The molecule has 1 saturated heterocycles. The van der Waals surface area contributed by atoms with E-state index in [0.717, 1.165) is 32.5 Å². The summed E-state index contributed by atoms with van der Waals surface area (Å²) in [5.41, 5.74) is 0. The van der Waals surface area contributed by atoms with Crippen molar-refractivity contribution in [3.63, 3.8) is 0 Å². The van der Waals surface area contributed by atoms with E-state index in [-0.39, 0.29) is 12.0 Å². The Morgan fingerprint density at radius 2 is 2.26 bits per heavy atom. The Morgan fingerprint density at radius 1 is 1.53 bits per heavy atom. The minimum atomic E-state index is -0.621. The molecule has 110 valence electrons. The van der Waals surface area contributed by atoms with Gasteiger partial charge >= 0.3 is 5.97 Å². The van der Waals surface area contributed by atoms with Crippen LogP contribution in [0.2, 0.25) is 0 Å². The normalized spacial score (nSPS) is 20.3. The second-order valence-corrected chi connectivity index (χ2v) is 4.76. The van der Waals surface area contributed by atoms with Crippen LogP contribution in [-0.2, 0) is 19.1 Å². The van der Waals surface area contributed by atoms with Gasteiger partial charge in [-0.1, -0.05) is 6.92 Å². The van der Waals surface area contributed by atoms with E-state index in [1.165, 1.54) is 14.0 Å². The molecule has 1 aliphatic rings. The number of ether oxygens (including phenoxy) is 2. The van der Waals surface area contributed by atoms with Gasteiger partial charge in [0.25, 0.3) is 0 Å². The number of carbonyl (C=O) groups excluding carboxylic acids is 2. The molecule has 0 bridgehead atoms. The Labute approximate surface area is 114 Å². The van der Waals surface area contributed by atoms with Crippen LogP contribution in [-0.4, -0.2) is 62.3 Å². The maximum Gasteiger partial charge on any atom is 0.329 e. The molecule has 1 fully saturated rings. The Hall–Kier alpha value is -1.14. The number of esters is 1. The summed E-state index contributed by atoms with van der Waals surface area (Å²) in [5.74, 6) is -0.649. The van der Waals surface area contributed by atoms with Crippen molar-refractivity contribution in [3.05, 3.63) is 0 Å². The van der Waals surface area contributed by atoms with Gasteiger partial charge in [-0.2, -0.15) is 0 Å². The molecule has 2 atom stereocenters. The lowest BCUT2D eigenvalue weighted by atomic mass is 10.2. The fourth-order valence-corrected chi connectivity index (χ4v) is 2.23. The van der Waals surface area contributed by atoms with Gasteiger partial charge in [-0.3, -0.25) is 9.69 Å². The lowest BCUT2D eigenvalue weighted by Crippen LogP contribution is -2.49. The highest BCUT2D eigenvalue weighted by Crippen LogP contribution is 2.13. The van der Waals surface area contributed by atoms with E-state index in [0.29, 0.717) is 6.54 Å². The highest BCUT2D eigenvalue weighted by molar-refractivity contribution is 5.83. The molecular formula is C13H24N2O4. The second-order valence-electron chi connectivity index (χ2n) is 4.76. The highest BCUT2D eigenvalue weighted by Gasteiger charge is 2.25. The average Bonchev–Trinajstić information content (AvgIpc) is 2.88. The Balaban J connectivity index is 2.52. The van der Waals surface area contributed by atoms with Crippen molar-refractivity contribution >= 4 is 11.9 Å². The molecule has 6 heteroatoms. The number of nitrogens with zero attached hydrogens (tertiary/aromatic N) is 1. The zero-order chi connectivity index (χ0) is 14.3. The van der Waals surface area contributed by atoms with Gasteiger partial charge in [0.15, 0.2) is 0 Å². The van der Waals surface area contributed by atoms with Crippen LogP contribution >= 0.6 is 0 Å². The largest absolute Gasteiger partial charge is 0.467 e. The third-order valence-electron chi connectivity index (χ3n) is 3.24. The molecule has 0 aromatic carbocycles. The number of hydrogen-bond donors (Lipinski definition) is 1. The molecule has 1 rings (SSSR count). The van der Waals surface area contributed by atoms with Crippen molar-refractivity contribution in [2.75, 3.05) is 33.4 Å². The van der Waals surface area contributed by atoms with Crippen molar-refractivity contribution in [1.29, 1.82) is 0 Å². The summed E-state index contributed by atoms with van der Waals surface area (Å²) in [7, 11) is 1.33. The summed E-state index contributed by atoms with van der Waals surface area (Å²) in [5, 5.41) is 2.62. The SMILES string of the molecule is CCN(CC1CCCO1)CC(NC(C)=O)C(=O)OC. The molecule has 6 nitrogen and oxygen atoms in total. The molecule has 0 saturated carbocycles. The van der Waals surface area contributed by atoms with Gasteiger partial charge in [-0.05, 0) is 19.4 Å². The van der Waals surface area contributed by atoms with Crippen LogP contribution in [0, 0.1) is 0 Å². The van der Waals surface area contributed by atoms with Gasteiger partial charge in [-0.15, -0.1) is 0 Å². The molecule has 1 N–H and O–H groups in total. The number of carbonyl (C=O) groups is 2. The Kier molecular flexibility index (Phi) is 6.80. The minimum Gasteiger partial charge on any atom is -0.467 e. The van der Waals surface area contributed by atoms with Gasteiger partial charge in [0.2, 0.25) is 5.91 Å². The van der Waals surface area contributed by atoms with E-state index in [9.17, 15) is 9.59 Å². The van der Waals surface area contributed by atoms with Crippen molar-refractivity contribution < 1.29 is 19.1 Å². The molecule has 19 heavy (non-hydrogen) atoms. The maximum absolute atomic E-state index is 11.6. The average molecular weight is 272 g/mol. The van der Waals surface area contributed by atoms with Crippen LogP contribution in [0.3, 0.4) is 0 Å². The van der Waals surface area contributed by atoms with Gasteiger partial charge in [0.05, 0.1) is 13.2 Å². The van der Waals surface area contributed by atoms with Crippen LogP contribution in [0.1, 0.15) is 26.7 Å². The molecule has 0 aromatic heterocycles. The number of nitrogens with one attached hydrogen (secondary N) is 1. The summed E-state index contributed by atoms with van der Waals surface area (Å²) in [6, 6.07) is -0.621. The number of amides is 1. The zero-order valence-electron chi connectivity index (χ0n) is 12.0. The molecule has 1 heterocycles. The topological polar surface area (TPSA) is 67.9 Å². The Morgan fingerprint density at radius 3 is 2.74 bits per heavy atom. The molecule has 0 spiro atoms. The molecule has 0 aliphatic carbocycles. The van der Waals surface area contributed by atoms with E-state index < -0.39 is 12.0 Å². The van der Waals surface area contributed by atoms with E-state index >= 15 is 0 Å². The fraction of sp³-hybridized carbons (Fsp3) is 0.846. The lowest BCUT2D eigenvalue weighted by molar-refractivity contribution is -0.145. The van der Waals surface area contributed by atoms with Crippen molar-refractivity contribution in [2.24, 2.45) is 0 Å². The second kappa shape index (κ2) is 8.12. The van der Waals surface area contributed by atoms with Gasteiger partial charge in [-0.25, -0.2) is 4.79 Å². The number of methoxy groups -OCH3 is 1. The van der Waals surface area contributed by atoms with Crippen LogP contribution < -0.4 is 5.32 Å². The summed E-state index contributed by atoms with van der Waals surface area (Å²) < 4.78 is 10.3. The standard InChI is InChI=1S/C13H24N2O4/c1-4-15(8-11-6-5-7-19-11)9-12(13(17)18-3)14-10(2)16/h11-12H,4-9H2,1-3H3,(H,14,16). The van der Waals surface area contributed by atoms with Crippen LogP contribution in [0.4, 0.5) is 0 Å². The minimum absolute atomic E-state index is 0.232. The fourth-order valence-electron chi connectivity index (χ4n) is 2.23. The van der Waals surface area contributed by atoms with Crippen LogP contribution in [0.15, 0.2) is 0 Å². The van der Waals surface area contributed by atoms with Gasteiger partial charge in [0.1, 0.15) is 6.04 Å². The molecule has 2 unspecified atom stereocenters. The predicted molar refractivity (Wildman–Crippen MR) is 70.7 cm³/mol. The first-order chi connectivity index (χ1) is 9.06. The van der Waals surface area contributed by atoms with E-state index in [1.54, 1.807) is 0 Å². The lowest BCUT2D eigenvalue weighted by Gasteiger charge is -2.27. The molecule has 1 aliphatic heterocycles. The summed E-state index contributed by atoms with van der Waals surface area (Å²) in [6.07, 6.45) is 2.38. The smallest absolute Gasteiger partial charge is 0.329 e. The summed E-state index contributed by atoms with van der Waals surface area (Å²) >= 11 is 0. The zero-order valence-corrected chi connectivity index (χ0v) is 12.0. The Bertz CT molecular complexity index is 303. The first-order valence-electron chi connectivity index (χ1n) is 6.75. The highest BCUT2D eigenvalue weighted by atomic mass is 16.5. The number of likely N-dealkylation sites (N-methyl/N-ethyl adjacent to an activating group) is 1. The van der Waals surface area contributed by atoms with E-state index in [1.807, 2.05) is 6.92 Å². The monoisotopic (exact) mass is 272 g/mol. The van der Waals surface area contributed by atoms with Gasteiger partial charge < -0.3 is 14.8 Å². The quantitative estimate of drug-likeness (QED) is 0.669. The summed E-state index contributed by atoms with van der Waals surface area (Å²) in [6.45, 7) is 6.26.